The van der Waals surface area contributed by atoms with Crippen molar-refractivity contribution in [3.63, 3.8) is 0 Å². The average Bonchev–Trinajstić information content (AvgIpc) is 3.11. The smallest absolute Gasteiger partial charge is 0.128 e. The largest absolute Gasteiger partial charge is 0.326 e. The lowest BCUT2D eigenvalue weighted by molar-refractivity contribution is 0.571. The number of halogens is 2. The molecule has 0 saturated carbocycles. The summed E-state index contributed by atoms with van der Waals surface area (Å²) in [6, 6.07) is 13.2. The van der Waals surface area contributed by atoms with Gasteiger partial charge in [0.25, 0.3) is 0 Å². The fourth-order valence-corrected chi connectivity index (χ4v) is 3.81. The molecule has 0 aliphatic heterocycles. The third-order valence-corrected chi connectivity index (χ3v) is 5.11. The van der Waals surface area contributed by atoms with Crippen molar-refractivity contribution in [2.24, 2.45) is 0 Å². The monoisotopic (exact) mass is 340 g/mol. The summed E-state index contributed by atoms with van der Waals surface area (Å²) < 4.78 is 16.4. The van der Waals surface area contributed by atoms with Gasteiger partial charge in [0, 0.05) is 23.3 Å². The van der Waals surface area contributed by atoms with Gasteiger partial charge < -0.3 is 4.57 Å². The van der Waals surface area contributed by atoms with Gasteiger partial charge in [-0.15, -0.1) is 11.6 Å². The standard InChI is InChI=1S/C20H18ClFN2/c21-17-8-7-14-11-16(6-5-15(14)12-17)20(24-10-9-23-13-24)18-3-1-2-4-19(18)22/h1-6,9-11,13,17,20H,7-8,12H2. The first-order valence-electron chi connectivity index (χ1n) is 8.20. The maximum atomic E-state index is 14.5. The highest BCUT2D eigenvalue weighted by atomic mass is 35.5. The highest BCUT2D eigenvalue weighted by Crippen LogP contribution is 2.32. The van der Waals surface area contributed by atoms with Crippen LogP contribution in [0.3, 0.4) is 0 Å². The van der Waals surface area contributed by atoms with Crippen LogP contribution in [0.25, 0.3) is 0 Å². The van der Waals surface area contributed by atoms with E-state index in [1.807, 2.05) is 22.9 Å². The molecule has 2 unspecified atom stereocenters. The fourth-order valence-electron chi connectivity index (χ4n) is 3.53. The molecule has 2 atom stereocenters. The first-order chi connectivity index (χ1) is 11.7. The van der Waals surface area contributed by atoms with Crippen LogP contribution in [0.4, 0.5) is 4.39 Å². The molecule has 0 spiro atoms. The topological polar surface area (TPSA) is 17.8 Å². The summed E-state index contributed by atoms with van der Waals surface area (Å²) in [5.41, 5.74) is 4.36. The molecule has 4 heteroatoms. The van der Waals surface area contributed by atoms with Gasteiger partial charge in [0.05, 0.1) is 12.4 Å². The van der Waals surface area contributed by atoms with Gasteiger partial charge in [-0.25, -0.2) is 9.37 Å². The summed E-state index contributed by atoms with van der Waals surface area (Å²) in [5.74, 6) is -0.199. The molecule has 4 rings (SSSR count). The van der Waals surface area contributed by atoms with Gasteiger partial charge in [0.2, 0.25) is 0 Å². The van der Waals surface area contributed by atoms with Crippen molar-refractivity contribution in [1.29, 1.82) is 0 Å². The van der Waals surface area contributed by atoms with Crippen LogP contribution in [0.2, 0.25) is 0 Å². The van der Waals surface area contributed by atoms with Gasteiger partial charge in [0.1, 0.15) is 5.82 Å². The van der Waals surface area contributed by atoms with Gasteiger partial charge in [-0.3, -0.25) is 0 Å². The molecule has 0 amide bonds. The minimum Gasteiger partial charge on any atom is -0.326 e. The minimum atomic E-state index is -0.215. The van der Waals surface area contributed by atoms with E-state index in [0.717, 1.165) is 24.8 Å². The molecule has 3 aromatic rings. The van der Waals surface area contributed by atoms with Crippen LogP contribution >= 0.6 is 11.6 Å². The minimum absolute atomic E-state index is 0.199. The Morgan fingerprint density at radius 3 is 2.83 bits per heavy atom. The lowest BCUT2D eigenvalue weighted by atomic mass is 9.87. The van der Waals surface area contributed by atoms with E-state index < -0.39 is 0 Å². The van der Waals surface area contributed by atoms with Crippen molar-refractivity contribution in [3.05, 3.63) is 89.3 Å². The molecule has 1 aromatic heterocycles. The number of nitrogens with zero attached hydrogens (tertiary/aromatic N) is 2. The number of alkyl halides is 1. The Balaban J connectivity index is 1.82. The summed E-state index contributed by atoms with van der Waals surface area (Å²) in [4.78, 5) is 4.14. The zero-order chi connectivity index (χ0) is 16.5. The van der Waals surface area contributed by atoms with Crippen LogP contribution in [-0.2, 0) is 12.8 Å². The molecule has 1 heterocycles. The molecule has 1 aliphatic carbocycles. The summed E-state index contributed by atoms with van der Waals surface area (Å²) in [6.07, 6.45) is 8.23. The Morgan fingerprint density at radius 2 is 2.04 bits per heavy atom. The first kappa shape index (κ1) is 15.4. The predicted molar refractivity (Wildman–Crippen MR) is 94.0 cm³/mol. The molecule has 2 aromatic carbocycles. The molecule has 0 radical (unpaired) electrons. The molecule has 24 heavy (non-hydrogen) atoms. The van der Waals surface area contributed by atoms with E-state index in [2.05, 4.69) is 23.2 Å². The summed E-state index contributed by atoms with van der Waals surface area (Å²) in [5, 5.41) is 0.222. The second kappa shape index (κ2) is 6.40. The maximum absolute atomic E-state index is 14.5. The molecule has 0 saturated heterocycles. The number of aryl methyl sites for hydroxylation is 1. The zero-order valence-corrected chi connectivity index (χ0v) is 14.0. The normalized spacial score (nSPS) is 18.2. The van der Waals surface area contributed by atoms with Crippen molar-refractivity contribution in [2.75, 3.05) is 0 Å². The average molecular weight is 341 g/mol. The summed E-state index contributed by atoms with van der Waals surface area (Å²) >= 11 is 6.28. The quantitative estimate of drug-likeness (QED) is 0.629. The number of hydrogen-bond acceptors (Lipinski definition) is 1. The number of benzene rings is 2. The number of imidazole rings is 1. The van der Waals surface area contributed by atoms with E-state index >= 15 is 0 Å². The highest BCUT2D eigenvalue weighted by molar-refractivity contribution is 6.20. The molecule has 0 bridgehead atoms. The SMILES string of the molecule is Fc1ccccc1C(c1ccc2c(c1)CCC(Cl)C2)n1ccnc1. The highest BCUT2D eigenvalue weighted by Gasteiger charge is 2.22. The van der Waals surface area contributed by atoms with Crippen molar-refractivity contribution >= 4 is 11.6 Å². The Morgan fingerprint density at radius 1 is 1.17 bits per heavy atom. The van der Waals surface area contributed by atoms with Crippen LogP contribution in [-0.4, -0.2) is 14.9 Å². The molecular weight excluding hydrogens is 323 g/mol. The molecule has 122 valence electrons. The third kappa shape index (κ3) is 2.84. The van der Waals surface area contributed by atoms with E-state index in [1.165, 1.54) is 17.2 Å². The van der Waals surface area contributed by atoms with Crippen LogP contribution in [0, 0.1) is 5.82 Å². The molecule has 2 nitrogen and oxygen atoms in total. The van der Waals surface area contributed by atoms with Crippen molar-refractivity contribution in [2.45, 2.75) is 30.7 Å². The molecular formula is C20H18ClFN2. The predicted octanol–water partition coefficient (Wildman–Crippen LogP) is 4.76. The van der Waals surface area contributed by atoms with Gasteiger partial charge >= 0.3 is 0 Å². The molecule has 0 N–H and O–H groups in total. The van der Waals surface area contributed by atoms with Crippen LogP contribution in [0.15, 0.2) is 61.2 Å². The van der Waals surface area contributed by atoms with Crippen molar-refractivity contribution in [1.82, 2.24) is 9.55 Å². The van der Waals surface area contributed by atoms with Gasteiger partial charge in [0.15, 0.2) is 0 Å². The van der Waals surface area contributed by atoms with Gasteiger partial charge in [-0.1, -0.05) is 36.4 Å². The third-order valence-electron chi connectivity index (χ3n) is 4.74. The number of fused-ring (bicyclic) bond motifs is 1. The van der Waals surface area contributed by atoms with Gasteiger partial charge in [-0.2, -0.15) is 0 Å². The summed E-state index contributed by atoms with van der Waals surface area (Å²) in [6.45, 7) is 0. The maximum Gasteiger partial charge on any atom is 0.128 e. The number of rotatable bonds is 3. The Kier molecular flexibility index (Phi) is 4.11. The Hall–Kier alpha value is -2.13. The van der Waals surface area contributed by atoms with Gasteiger partial charge in [-0.05, 0) is 42.0 Å². The lowest BCUT2D eigenvalue weighted by Crippen LogP contribution is -2.17. The Labute approximate surface area is 145 Å². The molecule has 1 aliphatic rings. The number of hydrogen-bond donors (Lipinski definition) is 0. The van der Waals surface area contributed by atoms with Crippen LogP contribution < -0.4 is 0 Å². The Bertz CT molecular complexity index is 845. The van der Waals surface area contributed by atoms with Crippen molar-refractivity contribution < 1.29 is 4.39 Å². The second-order valence-corrected chi connectivity index (χ2v) is 6.92. The zero-order valence-electron chi connectivity index (χ0n) is 13.2. The van der Waals surface area contributed by atoms with E-state index in [1.54, 1.807) is 18.6 Å². The lowest BCUT2D eigenvalue weighted by Gasteiger charge is -2.24. The van der Waals surface area contributed by atoms with E-state index in [-0.39, 0.29) is 17.2 Å². The van der Waals surface area contributed by atoms with E-state index in [0.29, 0.717) is 5.56 Å². The van der Waals surface area contributed by atoms with E-state index in [9.17, 15) is 4.39 Å². The first-order valence-corrected chi connectivity index (χ1v) is 8.63. The van der Waals surface area contributed by atoms with Crippen LogP contribution in [0.1, 0.15) is 34.7 Å². The van der Waals surface area contributed by atoms with Crippen molar-refractivity contribution in [3.8, 4) is 0 Å². The second-order valence-electron chi connectivity index (χ2n) is 6.30. The fraction of sp³-hybridized carbons (Fsp3) is 0.250. The van der Waals surface area contributed by atoms with E-state index in [4.69, 9.17) is 11.6 Å². The van der Waals surface area contributed by atoms with Crippen LogP contribution in [0.5, 0.6) is 0 Å². The molecule has 0 fully saturated rings. The summed E-state index contributed by atoms with van der Waals surface area (Å²) in [7, 11) is 0. The number of aromatic nitrogens is 2.